The minimum Gasteiger partial charge on any atom is -0.338 e. The van der Waals surface area contributed by atoms with Crippen molar-refractivity contribution in [2.24, 2.45) is 11.8 Å². The summed E-state index contributed by atoms with van der Waals surface area (Å²) in [6, 6.07) is 12.3. The molecule has 2 N–H and O–H groups in total. The number of nitriles is 1. The van der Waals surface area contributed by atoms with E-state index in [4.69, 9.17) is 4.98 Å². The van der Waals surface area contributed by atoms with Gasteiger partial charge in [-0.05, 0) is 68.6 Å². The number of hydrogen-bond acceptors (Lipinski definition) is 6. The van der Waals surface area contributed by atoms with Crippen LogP contribution in [0.5, 0.6) is 0 Å². The molecule has 0 saturated heterocycles. The predicted molar refractivity (Wildman–Crippen MR) is 160 cm³/mol. The topological polar surface area (TPSA) is 135 Å². The van der Waals surface area contributed by atoms with Crippen LogP contribution < -0.4 is 10.6 Å². The molecule has 2 aliphatic carbocycles. The molecule has 3 aromatic heterocycles. The van der Waals surface area contributed by atoms with E-state index in [0.717, 1.165) is 49.9 Å². The molecule has 2 fully saturated rings. The third-order valence-corrected chi connectivity index (χ3v) is 10.6. The summed E-state index contributed by atoms with van der Waals surface area (Å²) < 4.78 is 30.4. The molecule has 220 valence electrons. The van der Waals surface area contributed by atoms with Crippen molar-refractivity contribution in [1.82, 2.24) is 29.1 Å². The number of carbonyl (C=O) groups is 1. The van der Waals surface area contributed by atoms with Crippen molar-refractivity contribution in [2.45, 2.75) is 81.7 Å². The van der Waals surface area contributed by atoms with Crippen molar-refractivity contribution >= 4 is 38.1 Å². The van der Waals surface area contributed by atoms with Crippen LogP contribution >= 0.6 is 0 Å². The van der Waals surface area contributed by atoms with Gasteiger partial charge in [0.15, 0.2) is 5.65 Å². The normalized spacial score (nSPS) is 20.0. The Kier molecular flexibility index (Phi) is 8.16. The lowest BCUT2D eigenvalue weighted by Crippen LogP contribution is -2.38. The van der Waals surface area contributed by atoms with Gasteiger partial charge in [0.1, 0.15) is 11.3 Å². The summed E-state index contributed by atoms with van der Waals surface area (Å²) in [5, 5.41) is 16.0. The molecular weight excluding hydrogens is 550 g/mol. The van der Waals surface area contributed by atoms with E-state index < -0.39 is 10.0 Å². The van der Waals surface area contributed by atoms with E-state index in [2.05, 4.69) is 26.3 Å². The van der Waals surface area contributed by atoms with Gasteiger partial charge < -0.3 is 15.2 Å². The van der Waals surface area contributed by atoms with Gasteiger partial charge in [0, 0.05) is 30.6 Å². The standard InChI is InChI=1S/C31H37N7O3S/c32-17-15-22-11-13-24(14-12-22)38-28(21-35-31(39)34-19-23-7-3-1-4-8-23)36-27-20-33-30-26(29(27)38)16-18-37(30)42(40,41)25-9-5-2-6-10-25/h2,5-6,9-10,16,18,20,22-24H,1,3-4,7-8,11-15,19,21H2,(H2,34,35,39). The van der Waals surface area contributed by atoms with E-state index in [9.17, 15) is 18.5 Å². The molecule has 2 aliphatic rings. The first-order valence-corrected chi connectivity index (χ1v) is 16.5. The largest absolute Gasteiger partial charge is 0.338 e. The smallest absolute Gasteiger partial charge is 0.315 e. The number of rotatable bonds is 8. The highest BCUT2D eigenvalue weighted by Gasteiger charge is 2.28. The summed E-state index contributed by atoms with van der Waals surface area (Å²) in [5.74, 6) is 1.63. The zero-order valence-electron chi connectivity index (χ0n) is 23.7. The quantitative estimate of drug-likeness (QED) is 0.274. The average Bonchev–Trinajstić information content (AvgIpc) is 3.62. The Bertz CT molecular complexity index is 1710. The molecule has 0 unspecified atom stereocenters. The molecule has 6 rings (SSSR count). The Hall–Kier alpha value is -3.91. The number of nitrogens with zero attached hydrogens (tertiary/aromatic N) is 5. The minimum absolute atomic E-state index is 0.117. The van der Waals surface area contributed by atoms with Crippen molar-refractivity contribution in [2.75, 3.05) is 6.54 Å². The van der Waals surface area contributed by atoms with E-state index >= 15 is 0 Å². The van der Waals surface area contributed by atoms with Gasteiger partial charge in [0.05, 0.1) is 29.2 Å². The van der Waals surface area contributed by atoms with Gasteiger partial charge in [-0.1, -0.05) is 37.5 Å². The van der Waals surface area contributed by atoms with Crippen molar-refractivity contribution in [1.29, 1.82) is 5.26 Å². The Morgan fingerprint density at radius 1 is 0.976 bits per heavy atom. The van der Waals surface area contributed by atoms with Gasteiger partial charge in [0.25, 0.3) is 10.0 Å². The van der Waals surface area contributed by atoms with E-state index in [1.165, 1.54) is 23.2 Å². The number of amides is 2. The summed E-state index contributed by atoms with van der Waals surface area (Å²) in [6.45, 7) is 0.924. The average molecular weight is 588 g/mol. The van der Waals surface area contributed by atoms with Crippen LogP contribution in [0.2, 0.25) is 0 Å². The lowest BCUT2D eigenvalue weighted by Gasteiger charge is -2.30. The molecule has 2 amide bonds. The second-order valence-electron chi connectivity index (χ2n) is 11.7. The third kappa shape index (κ3) is 5.60. The molecule has 0 radical (unpaired) electrons. The molecular formula is C31H37N7O3S. The number of carbonyl (C=O) groups excluding carboxylic acids is 1. The van der Waals surface area contributed by atoms with Crippen LogP contribution in [-0.2, 0) is 16.6 Å². The molecule has 4 aromatic rings. The summed E-state index contributed by atoms with van der Waals surface area (Å²) in [7, 11) is -3.84. The Labute approximate surface area is 246 Å². The number of pyridine rings is 1. The maximum Gasteiger partial charge on any atom is 0.315 e. The first kappa shape index (κ1) is 28.2. The molecule has 10 nitrogen and oxygen atoms in total. The lowest BCUT2D eigenvalue weighted by atomic mass is 9.84. The Morgan fingerprint density at radius 3 is 2.48 bits per heavy atom. The fraction of sp³-hybridized carbons (Fsp3) is 0.484. The SMILES string of the molecule is N#CCC1CCC(n2c(CNC(=O)NCC3CCCCC3)nc3cnc4c(ccn4S(=O)(=O)c4ccccc4)c32)CC1. The zero-order chi connectivity index (χ0) is 29.1. The van der Waals surface area contributed by atoms with Crippen LogP contribution in [0.1, 0.15) is 76.1 Å². The number of imidazole rings is 1. The highest BCUT2D eigenvalue weighted by Crippen LogP contribution is 2.38. The Morgan fingerprint density at radius 2 is 1.74 bits per heavy atom. The van der Waals surface area contributed by atoms with Crippen LogP contribution in [0.4, 0.5) is 4.79 Å². The molecule has 0 aliphatic heterocycles. The number of hydrogen-bond donors (Lipinski definition) is 2. The predicted octanol–water partition coefficient (Wildman–Crippen LogP) is 5.65. The van der Waals surface area contributed by atoms with Crippen LogP contribution in [0.3, 0.4) is 0 Å². The summed E-state index contributed by atoms with van der Waals surface area (Å²) in [5.41, 5.74) is 1.83. The van der Waals surface area contributed by atoms with Crippen LogP contribution in [0, 0.1) is 23.2 Å². The van der Waals surface area contributed by atoms with Crippen LogP contribution in [0.25, 0.3) is 22.1 Å². The van der Waals surface area contributed by atoms with E-state index in [1.807, 2.05) is 0 Å². The molecule has 2 saturated carbocycles. The van der Waals surface area contributed by atoms with Gasteiger partial charge in [0.2, 0.25) is 0 Å². The first-order valence-electron chi connectivity index (χ1n) is 15.0. The highest BCUT2D eigenvalue weighted by molar-refractivity contribution is 7.90. The number of urea groups is 1. The number of benzene rings is 1. The van der Waals surface area contributed by atoms with Gasteiger partial charge in [-0.3, -0.25) is 0 Å². The fourth-order valence-electron chi connectivity index (χ4n) is 6.70. The second kappa shape index (κ2) is 12.1. The maximum absolute atomic E-state index is 13.5. The van der Waals surface area contributed by atoms with Gasteiger partial charge in [-0.15, -0.1) is 0 Å². The van der Waals surface area contributed by atoms with Crippen LogP contribution in [-0.4, -0.2) is 39.5 Å². The molecule has 3 heterocycles. The Balaban J connectivity index is 1.33. The first-order chi connectivity index (χ1) is 20.5. The summed E-state index contributed by atoms with van der Waals surface area (Å²) >= 11 is 0. The van der Waals surface area contributed by atoms with E-state index in [-0.39, 0.29) is 23.5 Å². The maximum atomic E-state index is 13.5. The molecule has 0 spiro atoms. The highest BCUT2D eigenvalue weighted by atomic mass is 32.2. The number of aromatic nitrogens is 4. The van der Waals surface area contributed by atoms with Gasteiger partial charge in [-0.2, -0.15) is 5.26 Å². The van der Waals surface area contributed by atoms with Gasteiger partial charge in [-0.25, -0.2) is 27.2 Å². The lowest BCUT2D eigenvalue weighted by molar-refractivity contribution is 0.234. The molecule has 1 aromatic carbocycles. The van der Waals surface area contributed by atoms with E-state index in [1.54, 1.807) is 48.8 Å². The molecule has 11 heteroatoms. The zero-order valence-corrected chi connectivity index (χ0v) is 24.5. The molecule has 0 atom stereocenters. The van der Waals surface area contributed by atoms with Crippen molar-refractivity contribution < 1.29 is 13.2 Å². The van der Waals surface area contributed by atoms with Gasteiger partial charge >= 0.3 is 6.03 Å². The minimum atomic E-state index is -3.84. The van der Waals surface area contributed by atoms with Crippen molar-refractivity contribution in [3.63, 3.8) is 0 Å². The number of nitrogens with one attached hydrogen (secondary N) is 2. The van der Waals surface area contributed by atoms with Crippen LogP contribution in [0.15, 0.2) is 53.7 Å². The summed E-state index contributed by atoms with van der Waals surface area (Å²) in [4.78, 5) is 22.4. The van der Waals surface area contributed by atoms with Crippen molar-refractivity contribution in [3.8, 4) is 6.07 Å². The third-order valence-electron chi connectivity index (χ3n) is 8.95. The number of fused-ring (bicyclic) bond motifs is 3. The monoisotopic (exact) mass is 587 g/mol. The van der Waals surface area contributed by atoms with E-state index in [0.29, 0.717) is 41.4 Å². The summed E-state index contributed by atoms with van der Waals surface area (Å²) in [6.07, 6.45) is 13.4. The molecule has 0 bridgehead atoms. The second-order valence-corrected chi connectivity index (χ2v) is 13.5. The fourth-order valence-corrected chi connectivity index (χ4v) is 8.02. The molecule has 42 heavy (non-hydrogen) atoms. The van der Waals surface area contributed by atoms with Crippen molar-refractivity contribution in [3.05, 3.63) is 54.6 Å².